The fourth-order valence-electron chi connectivity index (χ4n) is 2.65. The van der Waals surface area contributed by atoms with Crippen LogP contribution in [-0.4, -0.2) is 24.8 Å². The van der Waals surface area contributed by atoms with Crippen LogP contribution in [0.5, 0.6) is 0 Å². The van der Waals surface area contributed by atoms with E-state index in [1.807, 2.05) is 43.6 Å². The molecule has 3 aromatic rings. The molecule has 0 spiro atoms. The van der Waals surface area contributed by atoms with E-state index >= 15 is 0 Å². The second kappa shape index (κ2) is 7.02. The summed E-state index contributed by atoms with van der Waals surface area (Å²) in [7, 11) is 0. The molecule has 120 valence electrons. The number of anilines is 1. The lowest BCUT2D eigenvalue weighted by molar-refractivity contribution is 0.584. The molecule has 2 heterocycles. The molecule has 0 aliphatic rings. The number of hydrogen-bond donors (Lipinski definition) is 1. The normalized spacial score (nSPS) is 12.6. The SMILES string of the molecule is Cc1cnc(N)c2ncn(CCCC[S+]([O-])c3ccccc3)c12. The third kappa shape index (κ3) is 3.48. The first-order chi connectivity index (χ1) is 11.2. The first-order valence-corrected chi connectivity index (χ1v) is 8.98. The Bertz CT molecular complexity index is 788. The quantitative estimate of drug-likeness (QED) is 0.557. The summed E-state index contributed by atoms with van der Waals surface area (Å²) in [6, 6.07) is 9.61. The van der Waals surface area contributed by atoms with E-state index in [0.29, 0.717) is 11.6 Å². The van der Waals surface area contributed by atoms with Crippen LogP contribution in [0.2, 0.25) is 0 Å². The average Bonchev–Trinajstić information content (AvgIpc) is 3.01. The Labute approximate surface area is 138 Å². The van der Waals surface area contributed by atoms with E-state index in [1.54, 1.807) is 6.20 Å². The number of imidazole rings is 1. The van der Waals surface area contributed by atoms with Gasteiger partial charge in [0.05, 0.1) is 11.8 Å². The van der Waals surface area contributed by atoms with Crippen molar-refractivity contribution >= 4 is 28.0 Å². The predicted molar refractivity (Wildman–Crippen MR) is 93.6 cm³/mol. The molecule has 0 aliphatic heterocycles. The second-order valence-electron chi connectivity index (χ2n) is 5.53. The molecule has 0 radical (unpaired) electrons. The van der Waals surface area contributed by atoms with Crippen molar-refractivity contribution < 1.29 is 4.55 Å². The van der Waals surface area contributed by atoms with Crippen molar-refractivity contribution in [2.24, 2.45) is 0 Å². The van der Waals surface area contributed by atoms with E-state index in [4.69, 9.17) is 5.73 Å². The summed E-state index contributed by atoms with van der Waals surface area (Å²) >= 11 is -0.922. The van der Waals surface area contributed by atoms with Gasteiger partial charge in [-0.25, -0.2) is 9.97 Å². The lowest BCUT2D eigenvalue weighted by atomic mass is 10.2. The van der Waals surface area contributed by atoms with Gasteiger partial charge in [0.25, 0.3) is 0 Å². The zero-order valence-corrected chi connectivity index (χ0v) is 13.9. The van der Waals surface area contributed by atoms with Gasteiger partial charge in [0.1, 0.15) is 11.3 Å². The molecule has 0 amide bonds. The van der Waals surface area contributed by atoms with Gasteiger partial charge in [0.15, 0.2) is 10.7 Å². The Morgan fingerprint density at radius 2 is 1.96 bits per heavy atom. The maximum atomic E-state index is 12.2. The van der Waals surface area contributed by atoms with E-state index in [9.17, 15) is 4.55 Å². The van der Waals surface area contributed by atoms with Gasteiger partial charge in [-0.2, -0.15) is 0 Å². The van der Waals surface area contributed by atoms with Crippen molar-refractivity contribution in [1.29, 1.82) is 0 Å². The van der Waals surface area contributed by atoms with Crippen LogP contribution in [-0.2, 0) is 17.7 Å². The molecule has 1 aromatic carbocycles. The largest absolute Gasteiger partial charge is 0.611 e. The minimum absolute atomic E-state index is 0.467. The Kier molecular flexibility index (Phi) is 4.83. The smallest absolute Gasteiger partial charge is 0.152 e. The van der Waals surface area contributed by atoms with Crippen LogP contribution in [0.1, 0.15) is 18.4 Å². The van der Waals surface area contributed by atoms with Crippen LogP contribution in [0, 0.1) is 6.92 Å². The molecule has 5 nitrogen and oxygen atoms in total. The number of unbranched alkanes of at least 4 members (excludes halogenated alkanes) is 1. The van der Waals surface area contributed by atoms with Crippen molar-refractivity contribution in [2.75, 3.05) is 11.5 Å². The molecule has 6 heteroatoms. The standard InChI is InChI=1S/C17H20N4OS/c1-13-11-19-17(18)15-16(13)21(12-20-15)9-5-6-10-23(22)14-7-3-2-4-8-14/h2-4,7-8,11-12H,5-6,9-10H2,1H3,(H2,18,19). The minimum Gasteiger partial charge on any atom is -0.611 e. The molecule has 1 unspecified atom stereocenters. The van der Waals surface area contributed by atoms with Gasteiger partial charge in [-0.15, -0.1) is 0 Å². The lowest BCUT2D eigenvalue weighted by Crippen LogP contribution is -2.08. The average molecular weight is 328 g/mol. The number of nitrogens with zero attached hydrogens (tertiary/aromatic N) is 3. The van der Waals surface area contributed by atoms with E-state index in [0.717, 1.165) is 40.9 Å². The van der Waals surface area contributed by atoms with E-state index in [-0.39, 0.29) is 0 Å². The molecule has 23 heavy (non-hydrogen) atoms. The monoisotopic (exact) mass is 328 g/mol. The van der Waals surface area contributed by atoms with Gasteiger partial charge in [0.2, 0.25) is 0 Å². The van der Waals surface area contributed by atoms with Crippen LogP contribution in [0.3, 0.4) is 0 Å². The van der Waals surface area contributed by atoms with Crippen LogP contribution in [0.25, 0.3) is 11.0 Å². The first kappa shape index (κ1) is 15.8. The Morgan fingerprint density at radius 3 is 2.74 bits per heavy atom. The third-order valence-electron chi connectivity index (χ3n) is 3.84. The number of rotatable bonds is 6. The van der Waals surface area contributed by atoms with Gasteiger partial charge < -0.3 is 14.9 Å². The van der Waals surface area contributed by atoms with Crippen molar-refractivity contribution in [3.05, 3.63) is 48.4 Å². The predicted octanol–water partition coefficient (Wildman–Crippen LogP) is 2.91. The van der Waals surface area contributed by atoms with Gasteiger partial charge in [-0.1, -0.05) is 18.2 Å². The van der Waals surface area contributed by atoms with Crippen molar-refractivity contribution in [1.82, 2.24) is 14.5 Å². The fourth-order valence-corrected chi connectivity index (χ4v) is 3.81. The summed E-state index contributed by atoms with van der Waals surface area (Å²) in [4.78, 5) is 9.39. The van der Waals surface area contributed by atoms with Crippen molar-refractivity contribution in [3.63, 3.8) is 0 Å². The highest BCUT2D eigenvalue weighted by molar-refractivity contribution is 7.91. The second-order valence-corrected chi connectivity index (χ2v) is 7.10. The summed E-state index contributed by atoms with van der Waals surface area (Å²) in [6.07, 6.45) is 5.44. The van der Waals surface area contributed by atoms with Gasteiger partial charge in [0, 0.05) is 12.7 Å². The van der Waals surface area contributed by atoms with Crippen LogP contribution < -0.4 is 5.73 Å². The molecular formula is C17H20N4OS. The van der Waals surface area contributed by atoms with Gasteiger partial charge in [-0.3, -0.25) is 0 Å². The highest BCUT2D eigenvalue weighted by Crippen LogP contribution is 2.21. The summed E-state index contributed by atoms with van der Waals surface area (Å²) in [6.45, 7) is 2.85. The summed E-state index contributed by atoms with van der Waals surface area (Å²) < 4.78 is 14.3. The molecule has 1 atom stereocenters. The van der Waals surface area contributed by atoms with Crippen molar-refractivity contribution in [2.45, 2.75) is 31.2 Å². The van der Waals surface area contributed by atoms with Gasteiger partial charge >= 0.3 is 0 Å². The van der Waals surface area contributed by atoms with E-state index in [1.165, 1.54) is 0 Å². The number of aryl methyl sites for hydroxylation is 2. The number of fused-ring (bicyclic) bond motifs is 1. The molecule has 0 saturated carbocycles. The van der Waals surface area contributed by atoms with Gasteiger partial charge in [-0.05, 0) is 48.6 Å². The molecule has 2 aromatic heterocycles. The molecule has 2 N–H and O–H groups in total. The maximum Gasteiger partial charge on any atom is 0.152 e. The van der Waals surface area contributed by atoms with Crippen LogP contribution in [0.15, 0.2) is 47.8 Å². The topological polar surface area (TPSA) is 79.8 Å². The molecular weight excluding hydrogens is 308 g/mol. The Balaban J connectivity index is 1.58. The lowest BCUT2D eigenvalue weighted by Gasteiger charge is -2.11. The molecule has 0 bridgehead atoms. The van der Waals surface area contributed by atoms with Crippen molar-refractivity contribution in [3.8, 4) is 0 Å². The first-order valence-electron chi connectivity index (χ1n) is 7.66. The number of hydrogen-bond acceptors (Lipinski definition) is 4. The highest BCUT2D eigenvalue weighted by atomic mass is 32.2. The maximum absolute atomic E-state index is 12.2. The zero-order chi connectivity index (χ0) is 16.2. The molecule has 0 fully saturated rings. The van der Waals surface area contributed by atoms with Crippen LogP contribution >= 0.6 is 0 Å². The van der Waals surface area contributed by atoms with E-state index < -0.39 is 11.2 Å². The summed E-state index contributed by atoms with van der Waals surface area (Å²) in [5, 5.41) is 0. The Hall–Kier alpha value is -2.05. The van der Waals surface area contributed by atoms with Crippen LogP contribution in [0.4, 0.5) is 5.82 Å². The summed E-state index contributed by atoms with van der Waals surface area (Å²) in [5.74, 6) is 1.15. The Morgan fingerprint density at radius 1 is 1.17 bits per heavy atom. The number of nitrogen functional groups attached to an aromatic ring is 1. The highest BCUT2D eigenvalue weighted by Gasteiger charge is 2.11. The van der Waals surface area contributed by atoms with E-state index in [2.05, 4.69) is 14.5 Å². The summed E-state index contributed by atoms with van der Waals surface area (Å²) in [5.41, 5.74) is 8.74. The number of aromatic nitrogens is 3. The fraction of sp³-hybridized carbons (Fsp3) is 0.294. The number of nitrogens with two attached hydrogens (primary N) is 1. The number of benzene rings is 1. The molecule has 3 rings (SSSR count). The molecule has 0 saturated heterocycles. The molecule has 0 aliphatic carbocycles. The zero-order valence-electron chi connectivity index (χ0n) is 13.1. The number of pyridine rings is 1. The minimum atomic E-state index is -0.922. The third-order valence-corrected chi connectivity index (χ3v) is 5.29.